The van der Waals surface area contributed by atoms with Crippen LogP contribution >= 0.6 is 23.7 Å². The number of rotatable bonds is 8. The van der Waals surface area contributed by atoms with E-state index in [2.05, 4.69) is 24.5 Å². The molecule has 6 heteroatoms. The molecule has 0 atom stereocenters. The summed E-state index contributed by atoms with van der Waals surface area (Å²) in [4.78, 5) is 13.9. The zero-order chi connectivity index (χ0) is 13.4. The molecule has 2 N–H and O–H groups in total. The molecule has 0 radical (unpaired) electrons. The highest BCUT2D eigenvalue weighted by molar-refractivity contribution is 7.14. The van der Waals surface area contributed by atoms with E-state index in [0.29, 0.717) is 13.2 Å². The van der Waals surface area contributed by atoms with Gasteiger partial charge in [0.1, 0.15) is 0 Å². The van der Waals surface area contributed by atoms with Crippen LogP contribution in [0.3, 0.4) is 0 Å². The Kier molecular flexibility index (Phi) is 9.87. The van der Waals surface area contributed by atoms with Gasteiger partial charge >= 0.3 is 0 Å². The Balaban J connectivity index is 0.00000324. The maximum atomic E-state index is 11.9. The molecule has 1 heterocycles. The highest BCUT2D eigenvalue weighted by atomic mass is 35.5. The van der Waals surface area contributed by atoms with Crippen LogP contribution in [-0.2, 0) is 11.2 Å². The van der Waals surface area contributed by atoms with E-state index in [1.807, 2.05) is 6.07 Å². The van der Waals surface area contributed by atoms with Crippen LogP contribution < -0.4 is 10.6 Å². The van der Waals surface area contributed by atoms with E-state index >= 15 is 0 Å². The van der Waals surface area contributed by atoms with Crippen LogP contribution in [0.5, 0.6) is 0 Å². The van der Waals surface area contributed by atoms with Gasteiger partial charge in [0, 0.05) is 31.6 Å². The second kappa shape index (κ2) is 10.2. The predicted molar refractivity (Wildman–Crippen MR) is 82.8 cm³/mol. The molecule has 0 fully saturated rings. The van der Waals surface area contributed by atoms with Crippen LogP contribution in [0.2, 0.25) is 0 Å². The summed E-state index contributed by atoms with van der Waals surface area (Å²) in [5.41, 5.74) is 1.27. The Morgan fingerprint density at radius 2 is 2.11 bits per heavy atom. The normalized spacial score (nSPS) is 10.1. The number of methoxy groups -OCH3 is 1. The third-order valence-electron chi connectivity index (χ3n) is 2.70. The van der Waals surface area contributed by atoms with Crippen molar-refractivity contribution < 1.29 is 9.53 Å². The third kappa shape index (κ3) is 6.38. The molecule has 110 valence electrons. The van der Waals surface area contributed by atoms with E-state index < -0.39 is 0 Å². The first kappa shape index (κ1) is 18.4. The number of halogens is 1. The fraction of sp³-hybridized carbons (Fsp3) is 0.615. The molecule has 0 aliphatic heterocycles. The van der Waals surface area contributed by atoms with Crippen LogP contribution in [0.25, 0.3) is 0 Å². The molecule has 0 aromatic carbocycles. The van der Waals surface area contributed by atoms with Gasteiger partial charge in [-0.15, -0.1) is 23.7 Å². The van der Waals surface area contributed by atoms with E-state index in [1.54, 1.807) is 18.4 Å². The molecule has 19 heavy (non-hydrogen) atoms. The van der Waals surface area contributed by atoms with Crippen molar-refractivity contribution in [2.24, 2.45) is 0 Å². The number of carbonyl (C=O) groups is 1. The average Bonchev–Trinajstić information content (AvgIpc) is 2.74. The lowest BCUT2D eigenvalue weighted by atomic mass is 10.2. The average molecular weight is 307 g/mol. The maximum absolute atomic E-state index is 11.9. The van der Waals surface area contributed by atoms with Crippen molar-refractivity contribution in [2.45, 2.75) is 20.3 Å². The zero-order valence-electron chi connectivity index (χ0n) is 11.7. The number of hydrogen-bond acceptors (Lipinski definition) is 4. The van der Waals surface area contributed by atoms with Gasteiger partial charge < -0.3 is 15.4 Å². The SMILES string of the molecule is CCc1cc(C(=O)NCCNCCOC)sc1C.Cl. The summed E-state index contributed by atoms with van der Waals surface area (Å²) in [5, 5.41) is 6.09. The minimum atomic E-state index is 0. The Hall–Kier alpha value is -0.620. The van der Waals surface area contributed by atoms with Crippen LogP contribution in [0, 0.1) is 6.92 Å². The first-order chi connectivity index (χ1) is 8.69. The molecule has 0 bridgehead atoms. The lowest BCUT2D eigenvalue weighted by Gasteiger charge is -2.05. The van der Waals surface area contributed by atoms with Gasteiger partial charge in [-0.3, -0.25) is 4.79 Å². The fourth-order valence-corrected chi connectivity index (χ4v) is 2.66. The van der Waals surface area contributed by atoms with Gasteiger partial charge in [0.25, 0.3) is 5.91 Å². The van der Waals surface area contributed by atoms with Gasteiger partial charge in [-0.1, -0.05) is 6.92 Å². The van der Waals surface area contributed by atoms with Crippen molar-refractivity contribution in [1.82, 2.24) is 10.6 Å². The van der Waals surface area contributed by atoms with Gasteiger partial charge in [-0.05, 0) is 25.0 Å². The molecule has 0 spiro atoms. The van der Waals surface area contributed by atoms with Gasteiger partial charge in [-0.25, -0.2) is 0 Å². The highest BCUT2D eigenvalue weighted by Gasteiger charge is 2.10. The number of carbonyl (C=O) groups excluding carboxylic acids is 1. The molecule has 1 rings (SSSR count). The summed E-state index contributed by atoms with van der Waals surface area (Å²) in [6.07, 6.45) is 0.980. The molecule has 0 aliphatic rings. The summed E-state index contributed by atoms with van der Waals surface area (Å²) >= 11 is 1.57. The van der Waals surface area contributed by atoms with Crippen molar-refractivity contribution in [1.29, 1.82) is 0 Å². The van der Waals surface area contributed by atoms with E-state index in [-0.39, 0.29) is 18.3 Å². The van der Waals surface area contributed by atoms with Crippen LogP contribution in [0.15, 0.2) is 6.07 Å². The molecule has 0 saturated heterocycles. The van der Waals surface area contributed by atoms with Crippen LogP contribution in [0.1, 0.15) is 27.0 Å². The van der Waals surface area contributed by atoms with E-state index in [9.17, 15) is 4.79 Å². The summed E-state index contributed by atoms with van der Waals surface area (Å²) in [6.45, 7) is 7.08. The number of nitrogens with one attached hydrogen (secondary N) is 2. The molecule has 0 saturated carbocycles. The number of amides is 1. The van der Waals surface area contributed by atoms with Crippen molar-refractivity contribution in [3.8, 4) is 0 Å². The quantitative estimate of drug-likeness (QED) is 0.722. The Morgan fingerprint density at radius 3 is 2.68 bits per heavy atom. The van der Waals surface area contributed by atoms with Crippen molar-refractivity contribution in [2.75, 3.05) is 33.4 Å². The monoisotopic (exact) mass is 306 g/mol. The molecule has 4 nitrogen and oxygen atoms in total. The fourth-order valence-electron chi connectivity index (χ4n) is 1.63. The first-order valence-corrected chi connectivity index (χ1v) is 7.07. The predicted octanol–water partition coefficient (Wildman–Crippen LogP) is 2.01. The van der Waals surface area contributed by atoms with Gasteiger partial charge in [0.2, 0.25) is 0 Å². The van der Waals surface area contributed by atoms with Crippen molar-refractivity contribution in [3.63, 3.8) is 0 Å². The zero-order valence-corrected chi connectivity index (χ0v) is 13.4. The Morgan fingerprint density at radius 1 is 1.37 bits per heavy atom. The second-order valence-electron chi connectivity index (χ2n) is 4.04. The molecule has 1 amide bonds. The van der Waals surface area contributed by atoms with E-state index in [1.165, 1.54) is 10.4 Å². The lowest BCUT2D eigenvalue weighted by molar-refractivity contribution is 0.0957. The smallest absolute Gasteiger partial charge is 0.261 e. The second-order valence-corrected chi connectivity index (χ2v) is 5.30. The van der Waals surface area contributed by atoms with E-state index in [0.717, 1.165) is 24.4 Å². The van der Waals surface area contributed by atoms with Crippen molar-refractivity contribution >= 4 is 29.7 Å². The molecule has 0 unspecified atom stereocenters. The van der Waals surface area contributed by atoms with Gasteiger partial charge in [0.15, 0.2) is 0 Å². The topological polar surface area (TPSA) is 50.4 Å². The van der Waals surface area contributed by atoms with Gasteiger partial charge in [0.05, 0.1) is 11.5 Å². The molecule has 1 aromatic heterocycles. The molecular formula is C13H23ClN2O2S. The first-order valence-electron chi connectivity index (χ1n) is 6.26. The standard InChI is InChI=1S/C13H22N2O2S.ClH/c1-4-11-9-12(18-10(11)2)13(16)15-6-5-14-7-8-17-3;/h9,14H,4-8H2,1-3H3,(H,15,16);1H. The number of thiophene rings is 1. The summed E-state index contributed by atoms with van der Waals surface area (Å²) < 4.78 is 4.92. The summed E-state index contributed by atoms with van der Waals surface area (Å²) in [6, 6.07) is 1.99. The number of hydrogen-bond donors (Lipinski definition) is 2. The minimum Gasteiger partial charge on any atom is -0.383 e. The van der Waals surface area contributed by atoms with Gasteiger partial charge in [-0.2, -0.15) is 0 Å². The maximum Gasteiger partial charge on any atom is 0.261 e. The summed E-state index contributed by atoms with van der Waals surface area (Å²) in [7, 11) is 1.67. The lowest BCUT2D eigenvalue weighted by Crippen LogP contribution is -2.32. The van der Waals surface area contributed by atoms with Crippen LogP contribution in [0.4, 0.5) is 0 Å². The highest BCUT2D eigenvalue weighted by Crippen LogP contribution is 2.21. The van der Waals surface area contributed by atoms with Crippen molar-refractivity contribution in [3.05, 3.63) is 21.4 Å². The minimum absolute atomic E-state index is 0. The summed E-state index contributed by atoms with van der Waals surface area (Å²) in [5.74, 6) is 0.0244. The number of aryl methyl sites for hydroxylation is 2. The Bertz CT molecular complexity index is 383. The molecule has 0 aliphatic carbocycles. The number of ether oxygens (including phenoxy) is 1. The third-order valence-corrected chi connectivity index (χ3v) is 3.79. The molecule has 1 aromatic rings. The van der Waals surface area contributed by atoms with Crippen LogP contribution in [-0.4, -0.2) is 39.3 Å². The largest absolute Gasteiger partial charge is 0.383 e. The van der Waals surface area contributed by atoms with E-state index in [4.69, 9.17) is 4.74 Å². The Labute approximate surface area is 125 Å². The molecular weight excluding hydrogens is 284 g/mol.